The van der Waals surface area contributed by atoms with Gasteiger partial charge < -0.3 is 15.4 Å². The summed E-state index contributed by atoms with van der Waals surface area (Å²) in [5.74, 6) is 0.824. The molecule has 6 heteroatoms. The summed E-state index contributed by atoms with van der Waals surface area (Å²) < 4.78 is 4.99. The van der Waals surface area contributed by atoms with Gasteiger partial charge in [0, 0.05) is 38.9 Å². The van der Waals surface area contributed by atoms with Crippen LogP contribution in [0.15, 0.2) is 29.3 Å². The van der Waals surface area contributed by atoms with Crippen LogP contribution in [0.1, 0.15) is 12.0 Å². The van der Waals surface area contributed by atoms with E-state index in [0.29, 0.717) is 0 Å². The Morgan fingerprint density at radius 1 is 1.20 bits per heavy atom. The topological polar surface area (TPSA) is 45.7 Å². The minimum absolute atomic E-state index is 0. The normalized spacial score (nSPS) is 10.8. The predicted octanol–water partition coefficient (Wildman–Crippen LogP) is 2.70. The quantitative estimate of drug-likeness (QED) is 0.314. The van der Waals surface area contributed by atoms with Crippen molar-refractivity contribution in [2.45, 2.75) is 12.8 Å². The average Bonchev–Trinajstić information content (AvgIpc) is 2.43. The number of guanidine groups is 1. The fourth-order valence-corrected chi connectivity index (χ4v) is 1.75. The van der Waals surface area contributed by atoms with Gasteiger partial charge in [0.1, 0.15) is 0 Å². The van der Waals surface area contributed by atoms with Crippen molar-refractivity contribution in [1.82, 2.24) is 10.6 Å². The van der Waals surface area contributed by atoms with Crippen molar-refractivity contribution in [2.24, 2.45) is 4.99 Å². The van der Waals surface area contributed by atoms with Gasteiger partial charge in [-0.1, -0.05) is 23.7 Å². The molecule has 0 amide bonds. The summed E-state index contributed by atoms with van der Waals surface area (Å²) in [6.07, 6.45) is 1.91. The van der Waals surface area contributed by atoms with Gasteiger partial charge in [-0.15, -0.1) is 24.0 Å². The number of aliphatic imine (C=N–C) groups is 1. The van der Waals surface area contributed by atoms with E-state index < -0.39 is 0 Å². The third kappa shape index (κ3) is 8.60. The monoisotopic (exact) mass is 411 g/mol. The van der Waals surface area contributed by atoms with Crippen molar-refractivity contribution in [3.8, 4) is 0 Å². The lowest BCUT2D eigenvalue weighted by molar-refractivity contribution is 0.195. The Kier molecular flexibility index (Phi) is 11.9. The summed E-state index contributed by atoms with van der Waals surface area (Å²) in [5.41, 5.74) is 1.26. The van der Waals surface area contributed by atoms with Crippen molar-refractivity contribution < 1.29 is 4.74 Å². The van der Waals surface area contributed by atoms with Crippen LogP contribution in [-0.2, 0) is 11.2 Å². The molecule has 0 heterocycles. The first-order valence-corrected chi connectivity index (χ1v) is 6.82. The van der Waals surface area contributed by atoms with Crippen LogP contribution in [0, 0.1) is 0 Å². The van der Waals surface area contributed by atoms with Crippen LogP contribution in [0.2, 0.25) is 5.02 Å². The molecule has 0 aliphatic rings. The van der Waals surface area contributed by atoms with Crippen LogP contribution in [0.3, 0.4) is 0 Å². The molecule has 0 fully saturated rings. The zero-order chi connectivity index (χ0) is 13.9. The molecule has 2 N–H and O–H groups in total. The summed E-state index contributed by atoms with van der Waals surface area (Å²) in [7, 11) is 3.48. The highest BCUT2D eigenvalue weighted by atomic mass is 127. The van der Waals surface area contributed by atoms with Crippen LogP contribution in [-0.4, -0.2) is 39.8 Å². The standard InChI is InChI=1S/C14H22ClN3O.HI/c1-16-14(17-9-3-11-19-2)18-10-8-12-4-6-13(15)7-5-12;/h4-7H,3,8-11H2,1-2H3,(H2,16,17,18);1H. The molecule has 0 aliphatic heterocycles. The fourth-order valence-electron chi connectivity index (χ4n) is 1.62. The molecule has 20 heavy (non-hydrogen) atoms. The molecular formula is C14H23ClIN3O. The van der Waals surface area contributed by atoms with Crippen molar-refractivity contribution in [3.63, 3.8) is 0 Å². The Hall–Kier alpha value is -0.530. The van der Waals surface area contributed by atoms with Gasteiger partial charge in [-0.2, -0.15) is 0 Å². The van der Waals surface area contributed by atoms with Gasteiger partial charge >= 0.3 is 0 Å². The second-order valence-corrected chi connectivity index (χ2v) is 4.59. The van der Waals surface area contributed by atoms with E-state index in [2.05, 4.69) is 15.6 Å². The average molecular weight is 412 g/mol. The van der Waals surface area contributed by atoms with Gasteiger partial charge in [0.2, 0.25) is 0 Å². The van der Waals surface area contributed by atoms with E-state index in [1.165, 1.54) is 5.56 Å². The molecule has 0 saturated carbocycles. The first-order valence-electron chi connectivity index (χ1n) is 6.44. The third-order valence-corrected chi connectivity index (χ3v) is 2.91. The van der Waals surface area contributed by atoms with Gasteiger partial charge in [-0.3, -0.25) is 4.99 Å². The highest BCUT2D eigenvalue weighted by Gasteiger charge is 1.97. The smallest absolute Gasteiger partial charge is 0.190 e. The highest BCUT2D eigenvalue weighted by molar-refractivity contribution is 14.0. The molecular weight excluding hydrogens is 389 g/mol. The molecule has 0 aromatic heterocycles. The summed E-state index contributed by atoms with van der Waals surface area (Å²) in [6.45, 7) is 2.45. The minimum atomic E-state index is 0. The third-order valence-electron chi connectivity index (χ3n) is 2.66. The minimum Gasteiger partial charge on any atom is -0.385 e. The number of rotatable bonds is 7. The number of benzene rings is 1. The number of nitrogens with zero attached hydrogens (tertiary/aromatic N) is 1. The molecule has 114 valence electrons. The second kappa shape index (κ2) is 12.2. The fraction of sp³-hybridized carbons (Fsp3) is 0.500. The van der Waals surface area contributed by atoms with E-state index >= 15 is 0 Å². The van der Waals surface area contributed by atoms with Crippen LogP contribution in [0.4, 0.5) is 0 Å². The van der Waals surface area contributed by atoms with Gasteiger partial charge in [0.05, 0.1) is 0 Å². The maximum atomic E-state index is 5.85. The summed E-state index contributed by atoms with van der Waals surface area (Å²) >= 11 is 5.85. The van der Waals surface area contributed by atoms with E-state index in [0.717, 1.165) is 43.5 Å². The molecule has 0 atom stereocenters. The van der Waals surface area contributed by atoms with Crippen molar-refractivity contribution in [2.75, 3.05) is 33.9 Å². The van der Waals surface area contributed by atoms with Gasteiger partial charge in [0.25, 0.3) is 0 Å². The summed E-state index contributed by atoms with van der Waals surface area (Å²) in [6, 6.07) is 7.90. The van der Waals surface area contributed by atoms with E-state index in [9.17, 15) is 0 Å². The number of nitrogens with one attached hydrogen (secondary N) is 2. The Morgan fingerprint density at radius 2 is 1.85 bits per heavy atom. The first-order chi connectivity index (χ1) is 9.26. The Balaban J connectivity index is 0.00000361. The maximum absolute atomic E-state index is 5.85. The molecule has 0 unspecified atom stereocenters. The molecule has 0 bridgehead atoms. The molecule has 0 radical (unpaired) electrons. The lowest BCUT2D eigenvalue weighted by Crippen LogP contribution is -2.38. The van der Waals surface area contributed by atoms with Crippen molar-refractivity contribution in [1.29, 1.82) is 0 Å². The number of hydrogen-bond acceptors (Lipinski definition) is 2. The van der Waals surface area contributed by atoms with Crippen LogP contribution < -0.4 is 10.6 Å². The van der Waals surface area contributed by atoms with Gasteiger partial charge in [-0.05, 0) is 30.5 Å². The molecule has 0 spiro atoms. The summed E-state index contributed by atoms with van der Waals surface area (Å²) in [5, 5.41) is 7.28. The molecule has 1 aromatic rings. The predicted molar refractivity (Wildman–Crippen MR) is 96.4 cm³/mol. The second-order valence-electron chi connectivity index (χ2n) is 4.15. The van der Waals surface area contributed by atoms with Crippen LogP contribution >= 0.6 is 35.6 Å². The molecule has 4 nitrogen and oxygen atoms in total. The van der Waals surface area contributed by atoms with E-state index in [4.69, 9.17) is 16.3 Å². The maximum Gasteiger partial charge on any atom is 0.190 e. The van der Waals surface area contributed by atoms with E-state index in [1.807, 2.05) is 24.3 Å². The number of methoxy groups -OCH3 is 1. The summed E-state index contributed by atoms with van der Waals surface area (Å²) in [4.78, 5) is 4.16. The zero-order valence-corrected chi connectivity index (χ0v) is 15.1. The number of hydrogen-bond donors (Lipinski definition) is 2. The Labute approximate surface area is 143 Å². The number of ether oxygens (including phenoxy) is 1. The van der Waals surface area contributed by atoms with E-state index in [-0.39, 0.29) is 24.0 Å². The molecule has 1 rings (SSSR count). The van der Waals surface area contributed by atoms with Crippen LogP contribution in [0.5, 0.6) is 0 Å². The lowest BCUT2D eigenvalue weighted by Gasteiger charge is -2.11. The lowest BCUT2D eigenvalue weighted by atomic mass is 10.1. The van der Waals surface area contributed by atoms with Gasteiger partial charge in [0.15, 0.2) is 5.96 Å². The largest absolute Gasteiger partial charge is 0.385 e. The first kappa shape index (κ1) is 19.5. The van der Waals surface area contributed by atoms with Crippen molar-refractivity contribution >= 4 is 41.5 Å². The van der Waals surface area contributed by atoms with E-state index in [1.54, 1.807) is 14.2 Å². The molecule has 0 aliphatic carbocycles. The van der Waals surface area contributed by atoms with Gasteiger partial charge in [-0.25, -0.2) is 0 Å². The number of halogens is 2. The van der Waals surface area contributed by atoms with Crippen LogP contribution in [0.25, 0.3) is 0 Å². The Morgan fingerprint density at radius 3 is 2.45 bits per heavy atom. The zero-order valence-electron chi connectivity index (χ0n) is 12.0. The SMILES string of the molecule is CN=C(NCCCOC)NCCc1ccc(Cl)cc1.I. The molecule has 1 aromatic carbocycles. The highest BCUT2D eigenvalue weighted by Crippen LogP contribution is 2.09. The Bertz CT molecular complexity index is 385. The van der Waals surface area contributed by atoms with Crippen molar-refractivity contribution in [3.05, 3.63) is 34.9 Å². The molecule has 0 saturated heterocycles.